The summed E-state index contributed by atoms with van der Waals surface area (Å²) in [6.45, 7) is 2.39. The van der Waals surface area contributed by atoms with Crippen molar-refractivity contribution in [3.63, 3.8) is 0 Å². The molecule has 8 heteroatoms. The van der Waals surface area contributed by atoms with Gasteiger partial charge in [0.2, 0.25) is 5.89 Å². The van der Waals surface area contributed by atoms with Gasteiger partial charge >= 0.3 is 0 Å². The Morgan fingerprint density at radius 2 is 1.76 bits per heavy atom. The van der Waals surface area contributed by atoms with Crippen LogP contribution < -0.4 is 5.73 Å². The van der Waals surface area contributed by atoms with E-state index in [1.165, 1.54) is 0 Å². The lowest BCUT2D eigenvalue weighted by molar-refractivity contribution is 0.461. The third kappa shape index (κ3) is 3.76. The summed E-state index contributed by atoms with van der Waals surface area (Å²) in [6, 6.07) is 17.1. The van der Waals surface area contributed by atoms with E-state index < -0.39 is 11.2 Å². The molecule has 0 bridgehead atoms. The van der Waals surface area contributed by atoms with Crippen molar-refractivity contribution in [2.24, 2.45) is 10.7 Å². The Morgan fingerprint density at radius 3 is 2.52 bits per heavy atom. The maximum atomic E-state index is 12.5. The van der Waals surface area contributed by atoms with Crippen LogP contribution in [0.2, 0.25) is 0 Å². The molecule has 29 heavy (non-hydrogen) atoms. The van der Waals surface area contributed by atoms with Gasteiger partial charge in [0, 0.05) is 12.6 Å². The van der Waals surface area contributed by atoms with Gasteiger partial charge in [-0.2, -0.15) is 0 Å². The van der Waals surface area contributed by atoms with Gasteiger partial charge in [-0.25, -0.2) is 4.99 Å². The second-order valence-corrected chi connectivity index (χ2v) is 8.27. The minimum atomic E-state index is -1.10. The number of hydrogen-bond acceptors (Lipinski definition) is 7. The molecule has 4 rings (SSSR count). The Balaban J connectivity index is 1.76. The fourth-order valence-corrected chi connectivity index (χ4v) is 4.07. The molecule has 1 atom stereocenters. The summed E-state index contributed by atoms with van der Waals surface area (Å²) in [5.74, 6) is 1.64. The standard InChI is InChI=1S/C21H21N5O2S/c1-3-29(27)17-12-8-7-11-15(17)16-13-26(2)19(22)18(23-16)21-25-24-20(28-21)14-9-5-4-6-10-14/h4-12H,3,13,22H2,1-2H3. The van der Waals surface area contributed by atoms with Crippen molar-refractivity contribution in [3.05, 3.63) is 71.9 Å². The molecule has 0 aliphatic carbocycles. The molecule has 2 N–H and O–H groups in total. The highest BCUT2D eigenvalue weighted by atomic mass is 32.2. The van der Waals surface area contributed by atoms with E-state index in [4.69, 9.17) is 15.1 Å². The number of nitrogens with zero attached hydrogens (tertiary/aromatic N) is 4. The van der Waals surface area contributed by atoms with Gasteiger partial charge in [-0.3, -0.25) is 0 Å². The van der Waals surface area contributed by atoms with Crippen molar-refractivity contribution in [3.8, 4) is 11.5 Å². The number of aliphatic imine (C=N–C) groups is 1. The van der Waals surface area contributed by atoms with E-state index in [1.54, 1.807) is 0 Å². The normalized spacial score (nSPS) is 15.4. The number of rotatable bonds is 5. The van der Waals surface area contributed by atoms with E-state index in [0.717, 1.165) is 21.7 Å². The highest BCUT2D eigenvalue weighted by Gasteiger charge is 2.27. The van der Waals surface area contributed by atoms with Crippen LogP contribution in [0.3, 0.4) is 0 Å². The van der Waals surface area contributed by atoms with Crippen LogP contribution in [0.15, 0.2) is 74.7 Å². The zero-order valence-electron chi connectivity index (χ0n) is 16.2. The minimum absolute atomic E-state index is 0.250. The molecular formula is C21H21N5O2S. The molecule has 0 radical (unpaired) electrons. The van der Waals surface area contributed by atoms with Crippen LogP contribution in [-0.4, -0.2) is 44.7 Å². The van der Waals surface area contributed by atoms with Crippen molar-refractivity contribution in [2.45, 2.75) is 11.8 Å². The van der Waals surface area contributed by atoms with E-state index in [2.05, 4.69) is 10.2 Å². The summed E-state index contributed by atoms with van der Waals surface area (Å²) < 4.78 is 18.4. The number of hydrogen-bond donors (Lipinski definition) is 1. The molecule has 3 aromatic rings. The molecule has 2 heterocycles. The lowest BCUT2D eigenvalue weighted by Gasteiger charge is -2.26. The highest BCUT2D eigenvalue weighted by Crippen LogP contribution is 2.28. The van der Waals surface area contributed by atoms with Gasteiger partial charge in [0.15, 0.2) is 10.6 Å². The average molecular weight is 407 g/mol. The number of likely N-dealkylation sites (N-methyl/N-ethyl adjacent to an activating group) is 1. The number of aromatic nitrogens is 2. The quantitative estimate of drug-likeness (QED) is 0.652. The largest absolute Gasteiger partial charge is 0.611 e. The zero-order valence-corrected chi connectivity index (χ0v) is 17.0. The van der Waals surface area contributed by atoms with Crippen molar-refractivity contribution in [2.75, 3.05) is 19.3 Å². The van der Waals surface area contributed by atoms with E-state index >= 15 is 0 Å². The topological polar surface area (TPSA) is 104 Å². The van der Waals surface area contributed by atoms with Crippen LogP contribution in [0.1, 0.15) is 18.4 Å². The van der Waals surface area contributed by atoms with Crippen molar-refractivity contribution >= 4 is 22.6 Å². The van der Waals surface area contributed by atoms with E-state index in [1.807, 2.05) is 73.5 Å². The molecule has 1 aromatic heterocycles. The summed E-state index contributed by atoms with van der Waals surface area (Å²) in [7, 11) is 1.87. The van der Waals surface area contributed by atoms with Gasteiger partial charge in [0.25, 0.3) is 5.89 Å². The molecule has 0 amide bonds. The monoisotopic (exact) mass is 407 g/mol. The smallest absolute Gasteiger partial charge is 0.270 e. The van der Waals surface area contributed by atoms with Crippen molar-refractivity contribution < 1.29 is 8.97 Å². The molecule has 2 aromatic carbocycles. The first-order chi connectivity index (χ1) is 14.1. The average Bonchev–Trinajstić information content (AvgIpc) is 3.25. The predicted octanol–water partition coefficient (Wildman–Crippen LogP) is 2.88. The van der Waals surface area contributed by atoms with Crippen LogP contribution in [0.5, 0.6) is 0 Å². The van der Waals surface area contributed by atoms with Gasteiger partial charge in [0.1, 0.15) is 11.6 Å². The molecular weight excluding hydrogens is 386 g/mol. The first kappa shape index (κ1) is 19.2. The van der Waals surface area contributed by atoms with Crippen LogP contribution in [0.25, 0.3) is 17.2 Å². The van der Waals surface area contributed by atoms with Crippen molar-refractivity contribution in [1.29, 1.82) is 0 Å². The fraction of sp³-hybridized carbons (Fsp3) is 0.190. The predicted molar refractivity (Wildman–Crippen MR) is 113 cm³/mol. The zero-order chi connectivity index (χ0) is 20.4. The lowest BCUT2D eigenvalue weighted by Crippen LogP contribution is -2.34. The first-order valence-corrected chi connectivity index (χ1v) is 10.6. The Kier molecular flexibility index (Phi) is 5.37. The fourth-order valence-electron chi connectivity index (χ4n) is 3.10. The SMILES string of the molecule is CC[S+]([O-])c1ccccc1C1=NC(c2nnc(-c3ccccc3)o2)=C(N)N(C)C1. The highest BCUT2D eigenvalue weighted by molar-refractivity contribution is 7.91. The molecule has 0 fully saturated rings. The van der Waals surface area contributed by atoms with Gasteiger partial charge in [-0.15, -0.1) is 10.2 Å². The molecule has 1 aliphatic heterocycles. The van der Waals surface area contributed by atoms with E-state index in [-0.39, 0.29) is 5.89 Å². The minimum Gasteiger partial charge on any atom is -0.611 e. The van der Waals surface area contributed by atoms with Crippen LogP contribution >= 0.6 is 0 Å². The maximum Gasteiger partial charge on any atom is 0.270 e. The second-order valence-electron chi connectivity index (χ2n) is 6.56. The summed E-state index contributed by atoms with van der Waals surface area (Å²) >= 11 is -1.10. The molecule has 1 aliphatic rings. The summed E-state index contributed by atoms with van der Waals surface area (Å²) in [4.78, 5) is 7.37. The van der Waals surface area contributed by atoms with Gasteiger partial charge in [-0.05, 0) is 42.4 Å². The summed E-state index contributed by atoms with van der Waals surface area (Å²) in [5, 5.41) is 8.29. The van der Waals surface area contributed by atoms with Crippen molar-refractivity contribution in [1.82, 2.24) is 15.1 Å². The summed E-state index contributed by atoms with van der Waals surface area (Å²) in [6.07, 6.45) is 0. The third-order valence-corrected chi connectivity index (χ3v) is 6.01. The van der Waals surface area contributed by atoms with E-state index in [9.17, 15) is 4.55 Å². The van der Waals surface area contributed by atoms with Gasteiger partial charge in [0.05, 0.1) is 17.8 Å². The van der Waals surface area contributed by atoms with Gasteiger partial charge in [-0.1, -0.05) is 30.3 Å². The van der Waals surface area contributed by atoms with Gasteiger partial charge < -0.3 is 19.6 Å². The first-order valence-electron chi connectivity index (χ1n) is 9.24. The Bertz CT molecular complexity index is 1080. The maximum absolute atomic E-state index is 12.5. The number of benzene rings is 2. The van der Waals surface area contributed by atoms with Crippen LogP contribution in [-0.2, 0) is 11.2 Å². The Morgan fingerprint density at radius 1 is 1.07 bits per heavy atom. The van der Waals surface area contributed by atoms with E-state index in [0.29, 0.717) is 29.7 Å². The Labute approximate surface area is 172 Å². The molecule has 0 saturated heterocycles. The van der Waals surface area contributed by atoms with Crippen LogP contribution in [0.4, 0.5) is 0 Å². The molecule has 1 unspecified atom stereocenters. The number of nitrogens with two attached hydrogens (primary N) is 1. The molecule has 7 nitrogen and oxygen atoms in total. The summed E-state index contributed by atoms with van der Waals surface area (Å²) in [5.41, 5.74) is 9.11. The second kappa shape index (κ2) is 8.10. The lowest BCUT2D eigenvalue weighted by atomic mass is 10.1. The molecule has 148 valence electrons. The molecule has 0 spiro atoms. The van der Waals surface area contributed by atoms with Crippen LogP contribution in [0, 0.1) is 0 Å². The Hall–Kier alpha value is -3.10. The molecule has 0 saturated carbocycles. The third-order valence-electron chi connectivity index (χ3n) is 4.64.